The molecule has 0 aromatic carbocycles. The molecule has 128 valence electrons. The molecule has 2 saturated heterocycles. The fourth-order valence-corrected chi connectivity index (χ4v) is 5.11. The summed E-state index contributed by atoms with van der Waals surface area (Å²) in [4.78, 5) is 13.5. The van der Waals surface area contributed by atoms with E-state index in [4.69, 9.17) is 4.98 Å². The first-order valence-corrected chi connectivity index (χ1v) is 10.2. The van der Waals surface area contributed by atoms with Crippen molar-refractivity contribution in [3.63, 3.8) is 0 Å². The van der Waals surface area contributed by atoms with Crippen LogP contribution in [0.25, 0.3) is 0 Å². The quantitative estimate of drug-likeness (QED) is 0.835. The zero-order chi connectivity index (χ0) is 16.6. The van der Waals surface area contributed by atoms with Crippen LogP contribution in [0.15, 0.2) is 6.07 Å². The van der Waals surface area contributed by atoms with E-state index < -0.39 is 9.84 Å². The molecule has 1 unspecified atom stereocenters. The van der Waals surface area contributed by atoms with E-state index in [0.717, 1.165) is 30.5 Å². The standard InChI is InChI=1S/C16H26N4O2S/c1-12-4-7-20(8-5-12)15-10-13(2)17-16(18-15)19(3)14-6-9-23(21,22)11-14/h10,12,14H,4-9,11H2,1-3H3. The number of sulfone groups is 1. The maximum absolute atomic E-state index is 11.7. The van der Waals surface area contributed by atoms with Crippen LogP contribution < -0.4 is 9.80 Å². The molecule has 7 heteroatoms. The Morgan fingerprint density at radius 3 is 2.52 bits per heavy atom. The van der Waals surface area contributed by atoms with E-state index in [2.05, 4.69) is 16.8 Å². The van der Waals surface area contributed by atoms with Gasteiger partial charge in [0.1, 0.15) is 5.82 Å². The Morgan fingerprint density at radius 2 is 1.91 bits per heavy atom. The first kappa shape index (κ1) is 16.5. The van der Waals surface area contributed by atoms with Crippen molar-refractivity contribution in [3.8, 4) is 0 Å². The van der Waals surface area contributed by atoms with Gasteiger partial charge < -0.3 is 9.80 Å². The van der Waals surface area contributed by atoms with Gasteiger partial charge in [0.2, 0.25) is 5.95 Å². The average molecular weight is 338 g/mol. The first-order chi connectivity index (χ1) is 10.8. The Morgan fingerprint density at radius 1 is 1.22 bits per heavy atom. The SMILES string of the molecule is Cc1cc(N2CCC(C)CC2)nc(N(C)C2CCS(=O)(=O)C2)n1. The first-order valence-electron chi connectivity index (χ1n) is 8.38. The van der Waals surface area contributed by atoms with Crippen LogP contribution in [-0.2, 0) is 9.84 Å². The predicted octanol–water partition coefficient (Wildman–Crippen LogP) is 1.64. The maximum Gasteiger partial charge on any atom is 0.227 e. The Balaban J connectivity index is 1.80. The Kier molecular flexibility index (Phi) is 4.49. The molecule has 1 aromatic heterocycles. The number of piperidine rings is 1. The van der Waals surface area contributed by atoms with Crippen LogP contribution >= 0.6 is 0 Å². The molecule has 0 saturated carbocycles. The third kappa shape index (κ3) is 3.76. The average Bonchev–Trinajstić information content (AvgIpc) is 2.86. The normalized spacial score (nSPS) is 24.8. The number of rotatable bonds is 3. The fraction of sp³-hybridized carbons (Fsp3) is 0.750. The van der Waals surface area contributed by atoms with E-state index in [1.54, 1.807) is 0 Å². The third-order valence-corrected chi connectivity index (χ3v) is 6.76. The van der Waals surface area contributed by atoms with Crippen molar-refractivity contribution in [2.24, 2.45) is 5.92 Å². The highest BCUT2D eigenvalue weighted by molar-refractivity contribution is 7.91. The summed E-state index contributed by atoms with van der Waals surface area (Å²) < 4.78 is 23.4. The summed E-state index contributed by atoms with van der Waals surface area (Å²) in [6, 6.07) is 2.01. The van der Waals surface area contributed by atoms with E-state index >= 15 is 0 Å². The second-order valence-corrected chi connectivity index (χ2v) is 9.23. The van der Waals surface area contributed by atoms with Gasteiger partial charge in [-0.1, -0.05) is 6.92 Å². The van der Waals surface area contributed by atoms with Gasteiger partial charge in [0.15, 0.2) is 9.84 Å². The highest BCUT2D eigenvalue weighted by Crippen LogP contribution is 2.25. The van der Waals surface area contributed by atoms with Gasteiger partial charge in [0, 0.05) is 37.9 Å². The second kappa shape index (κ2) is 6.26. The zero-order valence-corrected chi connectivity index (χ0v) is 15.0. The lowest BCUT2D eigenvalue weighted by Gasteiger charge is -2.32. The minimum absolute atomic E-state index is 0.0176. The van der Waals surface area contributed by atoms with Crippen LogP contribution in [0.4, 0.5) is 11.8 Å². The lowest BCUT2D eigenvalue weighted by atomic mass is 9.99. The topological polar surface area (TPSA) is 66.4 Å². The highest BCUT2D eigenvalue weighted by atomic mass is 32.2. The van der Waals surface area contributed by atoms with Gasteiger partial charge in [-0.15, -0.1) is 0 Å². The van der Waals surface area contributed by atoms with E-state index in [1.807, 2.05) is 24.9 Å². The van der Waals surface area contributed by atoms with Gasteiger partial charge in [0.05, 0.1) is 11.5 Å². The van der Waals surface area contributed by atoms with Crippen molar-refractivity contribution in [2.75, 3.05) is 41.4 Å². The van der Waals surface area contributed by atoms with E-state index in [0.29, 0.717) is 12.4 Å². The van der Waals surface area contributed by atoms with E-state index in [1.165, 1.54) is 12.8 Å². The van der Waals surface area contributed by atoms with Crippen molar-refractivity contribution in [3.05, 3.63) is 11.8 Å². The molecule has 0 N–H and O–H groups in total. The van der Waals surface area contributed by atoms with Gasteiger partial charge in [-0.25, -0.2) is 13.4 Å². The molecule has 0 radical (unpaired) electrons. The van der Waals surface area contributed by atoms with Gasteiger partial charge >= 0.3 is 0 Å². The van der Waals surface area contributed by atoms with Crippen molar-refractivity contribution < 1.29 is 8.42 Å². The molecule has 0 aliphatic carbocycles. The molecule has 23 heavy (non-hydrogen) atoms. The van der Waals surface area contributed by atoms with Gasteiger partial charge in [-0.05, 0) is 32.1 Å². The molecule has 3 rings (SSSR count). The van der Waals surface area contributed by atoms with E-state index in [-0.39, 0.29) is 17.5 Å². The van der Waals surface area contributed by atoms with Gasteiger partial charge in [0.25, 0.3) is 0 Å². The largest absolute Gasteiger partial charge is 0.356 e. The number of nitrogens with zero attached hydrogens (tertiary/aromatic N) is 4. The van der Waals surface area contributed by atoms with Crippen LogP contribution in [0.5, 0.6) is 0 Å². The van der Waals surface area contributed by atoms with Crippen LogP contribution in [0, 0.1) is 12.8 Å². The minimum atomic E-state index is -2.90. The monoisotopic (exact) mass is 338 g/mol. The van der Waals surface area contributed by atoms with Crippen LogP contribution in [0.1, 0.15) is 31.9 Å². The van der Waals surface area contributed by atoms with Crippen molar-refractivity contribution in [1.82, 2.24) is 9.97 Å². The molecule has 2 aliphatic heterocycles. The van der Waals surface area contributed by atoms with Crippen LogP contribution in [-0.4, -0.2) is 56.1 Å². The minimum Gasteiger partial charge on any atom is -0.356 e. The van der Waals surface area contributed by atoms with Gasteiger partial charge in [-0.3, -0.25) is 0 Å². The summed E-state index contributed by atoms with van der Waals surface area (Å²) in [5, 5.41) is 0. The van der Waals surface area contributed by atoms with Crippen LogP contribution in [0.3, 0.4) is 0 Å². The maximum atomic E-state index is 11.7. The highest BCUT2D eigenvalue weighted by Gasteiger charge is 2.32. The summed E-state index contributed by atoms with van der Waals surface area (Å²) in [5.41, 5.74) is 0.927. The molecule has 1 atom stereocenters. The summed E-state index contributed by atoms with van der Waals surface area (Å²) in [6.45, 7) is 6.32. The smallest absolute Gasteiger partial charge is 0.227 e. The number of aryl methyl sites for hydroxylation is 1. The molecule has 0 spiro atoms. The molecule has 0 bridgehead atoms. The number of aromatic nitrogens is 2. The van der Waals surface area contributed by atoms with E-state index in [9.17, 15) is 8.42 Å². The number of hydrogen-bond acceptors (Lipinski definition) is 6. The van der Waals surface area contributed by atoms with Crippen LogP contribution in [0.2, 0.25) is 0 Å². The Bertz CT molecular complexity index is 669. The van der Waals surface area contributed by atoms with Crippen molar-refractivity contribution in [1.29, 1.82) is 0 Å². The Hall–Kier alpha value is -1.37. The predicted molar refractivity (Wildman–Crippen MR) is 92.8 cm³/mol. The summed E-state index contributed by atoms with van der Waals surface area (Å²) >= 11 is 0. The van der Waals surface area contributed by atoms with Crippen molar-refractivity contribution >= 4 is 21.6 Å². The number of anilines is 2. The van der Waals surface area contributed by atoms with Crippen molar-refractivity contribution in [2.45, 2.75) is 39.2 Å². The zero-order valence-electron chi connectivity index (χ0n) is 14.2. The molecule has 2 aliphatic rings. The summed E-state index contributed by atoms with van der Waals surface area (Å²) in [7, 11) is -0.998. The lowest BCUT2D eigenvalue weighted by Crippen LogP contribution is -2.36. The molecule has 0 amide bonds. The molecule has 3 heterocycles. The number of hydrogen-bond donors (Lipinski definition) is 0. The molecule has 1 aromatic rings. The Labute approximate surface area is 138 Å². The molecule has 6 nitrogen and oxygen atoms in total. The van der Waals surface area contributed by atoms with Gasteiger partial charge in [-0.2, -0.15) is 4.98 Å². The lowest BCUT2D eigenvalue weighted by molar-refractivity contribution is 0.436. The third-order valence-electron chi connectivity index (χ3n) is 5.01. The summed E-state index contributed by atoms with van der Waals surface area (Å²) in [5.74, 6) is 2.86. The second-order valence-electron chi connectivity index (χ2n) is 7.00. The molecule has 2 fully saturated rings. The molecular formula is C16H26N4O2S. The fourth-order valence-electron chi connectivity index (χ4n) is 3.34. The summed E-state index contributed by atoms with van der Waals surface area (Å²) in [6.07, 6.45) is 3.04. The molecular weight excluding hydrogens is 312 g/mol.